The second-order valence-electron chi connectivity index (χ2n) is 5.06. The molecular weight excluding hydrogens is 302 g/mol. The SMILES string of the molecule is CCN1CCC(CNc2ccc(C#N)c(Br)c2)CC1. The van der Waals surface area contributed by atoms with Crippen molar-refractivity contribution in [3.05, 3.63) is 28.2 Å². The number of nitriles is 1. The lowest BCUT2D eigenvalue weighted by molar-refractivity contribution is 0.198. The summed E-state index contributed by atoms with van der Waals surface area (Å²) in [5.41, 5.74) is 1.77. The molecule has 1 aliphatic rings. The van der Waals surface area contributed by atoms with E-state index in [1.54, 1.807) is 0 Å². The van der Waals surface area contributed by atoms with Crippen LogP contribution in [0.5, 0.6) is 0 Å². The van der Waals surface area contributed by atoms with E-state index in [1.165, 1.54) is 32.5 Å². The Hall–Kier alpha value is -1.05. The van der Waals surface area contributed by atoms with Crippen LogP contribution in [0, 0.1) is 17.2 Å². The minimum absolute atomic E-state index is 0.682. The highest BCUT2D eigenvalue weighted by atomic mass is 79.9. The van der Waals surface area contributed by atoms with E-state index in [1.807, 2.05) is 18.2 Å². The third-order valence-electron chi connectivity index (χ3n) is 3.84. The zero-order valence-electron chi connectivity index (χ0n) is 11.3. The van der Waals surface area contributed by atoms with Crippen LogP contribution in [0.4, 0.5) is 5.69 Å². The van der Waals surface area contributed by atoms with Crippen LogP contribution in [0.3, 0.4) is 0 Å². The number of nitrogens with one attached hydrogen (secondary N) is 1. The van der Waals surface area contributed by atoms with Crippen molar-refractivity contribution in [2.24, 2.45) is 5.92 Å². The molecule has 0 radical (unpaired) electrons. The summed E-state index contributed by atoms with van der Waals surface area (Å²) in [6.07, 6.45) is 2.55. The first kappa shape index (κ1) is 14.4. The molecule has 1 fully saturated rings. The van der Waals surface area contributed by atoms with Crippen LogP contribution in [0.15, 0.2) is 22.7 Å². The van der Waals surface area contributed by atoms with Gasteiger partial charge in [0, 0.05) is 16.7 Å². The third-order valence-corrected chi connectivity index (χ3v) is 4.49. The number of piperidine rings is 1. The van der Waals surface area contributed by atoms with Crippen LogP contribution in [-0.4, -0.2) is 31.1 Å². The van der Waals surface area contributed by atoms with Gasteiger partial charge in [0.15, 0.2) is 0 Å². The number of halogens is 1. The first-order chi connectivity index (χ1) is 9.22. The Balaban J connectivity index is 1.83. The fourth-order valence-electron chi connectivity index (χ4n) is 2.48. The summed E-state index contributed by atoms with van der Waals surface area (Å²) < 4.78 is 0.862. The summed E-state index contributed by atoms with van der Waals surface area (Å²) in [6, 6.07) is 7.97. The van der Waals surface area contributed by atoms with Gasteiger partial charge < -0.3 is 10.2 Å². The number of likely N-dealkylation sites (tertiary alicyclic amines) is 1. The average Bonchev–Trinajstić information content (AvgIpc) is 2.46. The molecule has 0 saturated carbocycles. The average molecular weight is 322 g/mol. The van der Waals surface area contributed by atoms with Crippen molar-refractivity contribution in [2.45, 2.75) is 19.8 Å². The van der Waals surface area contributed by atoms with Crippen molar-refractivity contribution >= 4 is 21.6 Å². The van der Waals surface area contributed by atoms with Gasteiger partial charge in [-0.2, -0.15) is 5.26 Å². The molecule has 0 unspecified atom stereocenters. The lowest BCUT2D eigenvalue weighted by Gasteiger charge is -2.31. The molecule has 1 N–H and O–H groups in total. The molecule has 0 aliphatic carbocycles. The molecule has 2 rings (SSSR count). The van der Waals surface area contributed by atoms with Crippen molar-refractivity contribution in [2.75, 3.05) is 31.5 Å². The van der Waals surface area contributed by atoms with Crippen LogP contribution < -0.4 is 5.32 Å². The van der Waals surface area contributed by atoms with Gasteiger partial charge in [-0.05, 0) is 72.5 Å². The number of hydrogen-bond donors (Lipinski definition) is 1. The molecule has 0 bridgehead atoms. The van der Waals surface area contributed by atoms with Crippen molar-refractivity contribution in [1.29, 1.82) is 5.26 Å². The van der Waals surface area contributed by atoms with E-state index in [-0.39, 0.29) is 0 Å². The molecule has 0 aromatic heterocycles. The lowest BCUT2D eigenvalue weighted by atomic mass is 9.97. The molecule has 19 heavy (non-hydrogen) atoms. The van der Waals surface area contributed by atoms with Crippen LogP contribution in [0.25, 0.3) is 0 Å². The smallest absolute Gasteiger partial charge is 0.100 e. The maximum atomic E-state index is 8.89. The molecule has 0 atom stereocenters. The zero-order chi connectivity index (χ0) is 13.7. The normalized spacial score (nSPS) is 17.1. The fraction of sp³-hybridized carbons (Fsp3) is 0.533. The quantitative estimate of drug-likeness (QED) is 0.923. The van der Waals surface area contributed by atoms with Crippen molar-refractivity contribution < 1.29 is 0 Å². The summed E-state index contributed by atoms with van der Waals surface area (Å²) in [7, 11) is 0. The molecule has 1 aromatic rings. The fourth-order valence-corrected chi connectivity index (χ4v) is 2.95. The Kier molecular flexibility index (Phi) is 5.24. The molecular formula is C15H20BrN3. The Morgan fingerprint density at radius 1 is 1.42 bits per heavy atom. The molecule has 3 nitrogen and oxygen atoms in total. The maximum Gasteiger partial charge on any atom is 0.100 e. The van der Waals surface area contributed by atoms with Crippen LogP contribution in [0.2, 0.25) is 0 Å². The lowest BCUT2D eigenvalue weighted by Crippen LogP contribution is -2.35. The van der Waals surface area contributed by atoms with Gasteiger partial charge in [0.1, 0.15) is 6.07 Å². The van der Waals surface area contributed by atoms with Gasteiger partial charge in [-0.15, -0.1) is 0 Å². The topological polar surface area (TPSA) is 39.1 Å². The molecule has 1 aromatic carbocycles. The van der Waals surface area contributed by atoms with E-state index in [9.17, 15) is 0 Å². The number of hydrogen-bond acceptors (Lipinski definition) is 3. The van der Waals surface area contributed by atoms with E-state index in [0.29, 0.717) is 5.56 Å². The standard InChI is InChI=1S/C15H20BrN3/c1-2-19-7-5-12(6-8-19)11-18-14-4-3-13(10-17)15(16)9-14/h3-4,9,12,18H,2,5-8,11H2,1H3. The summed E-state index contributed by atoms with van der Waals surface area (Å²) in [5.74, 6) is 0.761. The second-order valence-corrected chi connectivity index (χ2v) is 5.92. The zero-order valence-corrected chi connectivity index (χ0v) is 12.9. The van der Waals surface area contributed by atoms with Gasteiger partial charge in [-0.3, -0.25) is 0 Å². The van der Waals surface area contributed by atoms with E-state index in [0.717, 1.165) is 22.6 Å². The number of benzene rings is 1. The Bertz CT molecular complexity index is 459. The molecule has 1 saturated heterocycles. The van der Waals surface area contributed by atoms with Gasteiger partial charge >= 0.3 is 0 Å². The number of anilines is 1. The van der Waals surface area contributed by atoms with Crippen LogP contribution >= 0.6 is 15.9 Å². The highest BCUT2D eigenvalue weighted by molar-refractivity contribution is 9.10. The minimum Gasteiger partial charge on any atom is -0.385 e. The van der Waals surface area contributed by atoms with Crippen molar-refractivity contribution in [1.82, 2.24) is 4.90 Å². The van der Waals surface area contributed by atoms with Crippen LogP contribution in [-0.2, 0) is 0 Å². The van der Waals surface area contributed by atoms with Gasteiger partial charge in [-0.1, -0.05) is 6.92 Å². The van der Waals surface area contributed by atoms with Gasteiger partial charge in [0.05, 0.1) is 5.56 Å². The highest BCUT2D eigenvalue weighted by Gasteiger charge is 2.17. The summed E-state index contributed by atoms with van der Waals surface area (Å²) in [5, 5.41) is 12.4. The second kappa shape index (κ2) is 6.93. The third kappa shape index (κ3) is 3.95. The van der Waals surface area contributed by atoms with Crippen molar-refractivity contribution in [3.8, 4) is 6.07 Å². The van der Waals surface area contributed by atoms with Crippen LogP contribution in [0.1, 0.15) is 25.3 Å². The summed E-state index contributed by atoms with van der Waals surface area (Å²) >= 11 is 3.42. The predicted molar refractivity (Wildman–Crippen MR) is 82.2 cm³/mol. The summed E-state index contributed by atoms with van der Waals surface area (Å²) in [4.78, 5) is 2.51. The number of rotatable bonds is 4. The monoisotopic (exact) mass is 321 g/mol. The number of nitrogens with zero attached hydrogens (tertiary/aromatic N) is 2. The molecule has 1 aliphatic heterocycles. The van der Waals surface area contributed by atoms with Gasteiger partial charge in [0.25, 0.3) is 0 Å². The van der Waals surface area contributed by atoms with E-state index in [2.05, 4.69) is 39.1 Å². The first-order valence-electron chi connectivity index (χ1n) is 6.88. The van der Waals surface area contributed by atoms with Gasteiger partial charge in [0.2, 0.25) is 0 Å². The van der Waals surface area contributed by atoms with E-state index >= 15 is 0 Å². The molecule has 0 spiro atoms. The van der Waals surface area contributed by atoms with E-state index < -0.39 is 0 Å². The largest absolute Gasteiger partial charge is 0.385 e. The van der Waals surface area contributed by atoms with E-state index in [4.69, 9.17) is 5.26 Å². The Morgan fingerprint density at radius 3 is 2.74 bits per heavy atom. The molecule has 1 heterocycles. The van der Waals surface area contributed by atoms with Crippen molar-refractivity contribution in [3.63, 3.8) is 0 Å². The summed E-state index contributed by atoms with van der Waals surface area (Å²) in [6.45, 7) is 6.87. The molecule has 4 heteroatoms. The maximum absolute atomic E-state index is 8.89. The van der Waals surface area contributed by atoms with Gasteiger partial charge in [-0.25, -0.2) is 0 Å². The minimum atomic E-state index is 0.682. The molecule has 0 amide bonds. The molecule has 102 valence electrons. The Morgan fingerprint density at radius 2 is 2.16 bits per heavy atom. The predicted octanol–water partition coefficient (Wildman–Crippen LogP) is 3.46. The first-order valence-corrected chi connectivity index (χ1v) is 7.68. The Labute approximate surface area is 123 Å². The highest BCUT2D eigenvalue weighted by Crippen LogP contribution is 2.22.